The highest BCUT2D eigenvalue weighted by molar-refractivity contribution is 5.43. The molecule has 0 spiro atoms. The van der Waals surface area contributed by atoms with Gasteiger partial charge in [-0.25, -0.2) is 4.98 Å². The van der Waals surface area contributed by atoms with Gasteiger partial charge in [-0.2, -0.15) is 13.2 Å². The van der Waals surface area contributed by atoms with Gasteiger partial charge in [0.15, 0.2) is 0 Å². The molecule has 1 aromatic heterocycles. The van der Waals surface area contributed by atoms with Gasteiger partial charge in [0.25, 0.3) is 0 Å². The van der Waals surface area contributed by atoms with Gasteiger partial charge >= 0.3 is 6.18 Å². The molecule has 0 unspecified atom stereocenters. The number of nitrogens with zero attached hydrogens (tertiary/aromatic N) is 3. The molecule has 0 amide bonds. The summed E-state index contributed by atoms with van der Waals surface area (Å²) in [5, 5.41) is 9.91. The molecule has 2 aromatic rings. The number of halogens is 3. The van der Waals surface area contributed by atoms with Gasteiger partial charge in [-0.3, -0.25) is 4.98 Å². The predicted molar refractivity (Wildman–Crippen MR) is 74.2 cm³/mol. The molecule has 0 saturated carbocycles. The summed E-state index contributed by atoms with van der Waals surface area (Å²) in [6, 6.07) is 4.85. The molecule has 116 valence electrons. The third-order valence-electron chi connectivity index (χ3n) is 3.72. The van der Waals surface area contributed by atoms with Gasteiger partial charge in [-0.1, -0.05) is 12.1 Å². The van der Waals surface area contributed by atoms with Crippen LogP contribution in [0.1, 0.15) is 23.6 Å². The van der Waals surface area contributed by atoms with E-state index >= 15 is 0 Å². The Morgan fingerprint density at radius 1 is 1.23 bits per heavy atom. The van der Waals surface area contributed by atoms with Gasteiger partial charge in [0.05, 0.1) is 23.9 Å². The lowest BCUT2D eigenvalue weighted by Crippen LogP contribution is -2.25. The third-order valence-corrected chi connectivity index (χ3v) is 3.72. The first kappa shape index (κ1) is 14.8. The Morgan fingerprint density at radius 3 is 2.73 bits per heavy atom. The van der Waals surface area contributed by atoms with Crippen molar-refractivity contribution >= 4 is 5.82 Å². The molecule has 1 aliphatic rings. The molecule has 0 radical (unpaired) electrons. The van der Waals surface area contributed by atoms with Crippen LogP contribution in [0.25, 0.3) is 0 Å². The number of aromatic nitrogens is 2. The number of alkyl halides is 3. The lowest BCUT2D eigenvalue weighted by Gasteiger charge is -2.25. The average Bonchev–Trinajstić information content (AvgIpc) is 2.89. The van der Waals surface area contributed by atoms with Gasteiger partial charge < -0.3 is 10.0 Å². The Labute approximate surface area is 125 Å². The topological polar surface area (TPSA) is 49.2 Å². The number of aliphatic hydroxyl groups is 1. The Morgan fingerprint density at radius 2 is 2.05 bits per heavy atom. The van der Waals surface area contributed by atoms with E-state index in [9.17, 15) is 18.3 Å². The van der Waals surface area contributed by atoms with Gasteiger partial charge in [0, 0.05) is 18.9 Å². The summed E-state index contributed by atoms with van der Waals surface area (Å²) in [5.41, 5.74) is -0.178. The minimum atomic E-state index is -4.38. The van der Waals surface area contributed by atoms with Crippen LogP contribution in [-0.2, 0) is 6.18 Å². The number of benzene rings is 1. The monoisotopic (exact) mass is 309 g/mol. The number of hydrogen-bond acceptors (Lipinski definition) is 4. The van der Waals surface area contributed by atoms with Crippen LogP contribution in [0.15, 0.2) is 42.9 Å². The first-order valence-electron chi connectivity index (χ1n) is 6.83. The minimum Gasteiger partial charge on any atom is -0.391 e. The Kier molecular flexibility index (Phi) is 3.74. The molecule has 1 N–H and O–H groups in total. The van der Waals surface area contributed by atoms with Crippen molar-refractivity contribution in [3.05, 3.63) is 54.0 Å². The van der Waals surface area contributed by atoms with Gasteiger partial charge in [0.2, 0.25) is 0 Å². The molecule has 0 aliphatic carbocycles. The highest BCUT2D eigenvalue weighted by atomic mass is 19.4. The lowest BCUT2D eigenvalue weighted by molar-refractivity contribution is -0.137. The standard InChI is InChI=1S/C15H14F3N3O/c16-15(17,18)11-3-1-2-10(6-11)13-7-12(22)9-21(13)14-8-19-4-5-20-14/h1-6,8,12-13,22H,7,9H2/t12-,13+/m1/s1. The van der Waals surface area contributed by atoms with Crippen LogP contribution < -0.4 is 4.90 Å². The highest BCUT2D eigenvalue weighted by Gasteiger charge is 2.35. The van der Waals surface area contributed by atoms with Crippen LogP contribution in [0.3, 0.4) is 0 Å². The molecule has 1 aromatic carbocycles. The van der Waals surface area contributed by atoms with E-state index in [0.29, 0.717) is 24.3 Å². The maximum atomic E-state index is 12.9. The molecule has 1 aliphatic heterocycles. The van der Waals surface area contributed by atoms with Crippen LogP contribution in [0.2, 0.25) is 0 Å². The zero-order valence-electron chi connectivity index (χ0n) is 11.5. The van der Waals surface area contributed by atoms with E-state index in [4.69, 9.17) is 0 Å². The van der Waals surface area contributed by atoms with Crippen LogP contribution >= 0.6 is 0 Å². The quantitative estimate of drug-likeness (QED) is 0.927. The van der Waals surface area contributed by atoms with E-state index in [0.717, 1.165) is 12.1 Å². The first-order chi connectivity index (χ1) is 10.4. The minimum absolute atomic E-state index is 0.319. The van der Waals surface area contributed by atoms with Crippen molar-refractivity contribution in [1.82, 2.24) is 9.97 Å². The van der Waals surface area contributed by atoms with E-state index in [2.05, 4.69) is 9.97 Å². The number of anilines is 1. The summed E-state index contributed by atoms with van der Waals surface area (Å²) >= 11 is 0. The van der Waals surface area contributed by atoms with Crippen molar-refractivity contribution in [3.8, 4) is 0 Å². The Hall–Kier alpha value is -2.15. The second-order valence-electron chi connectivity index (χ2n) is 5.24. The fourth-order valence-corrected chi connectivity index (χ4v) is 2.74. The number of rotatable bonds is 2. The van der Waals surface area contributed by atoms with E-state index in [1.54, 1.807) is 17.2 Å². The van der Waals surface area contributed by atoms with Crippen molar-refractivity contribution in [2.45, 2.75) is 24.7 Å². The Bertz CT molecular complexity index is 648. The smallest absolute Gasteiger partial charge is 0.391 e. The molecule has 7 heteroatoms. The van der Waals surface area contributed by atoms with Crippen molar-refractivity contribution in [3.63, 3.8) is 0 Å². The van der Waals surface area contributed by atoms with Crippen molar-refractivity contribution < 1.29 is 18.3 Å². The molecular weight excluding hydrogens is 295 g/mol. The number of β-amino-alcohol motifs (C(OH)–C–C–N with tert-alkyl or cyclic N) is 1. The van der Waals surface area contributed by atoms with Crippen molar-refractivity contribution in [2.75, 3.05) is 11.4 Å². The van der Waals surface area contributed by atoms with E-state index in [1.807, 2.05) is 0 Å². The molecule has 0 bridgehead atoms. The number of hydrogen-bond donors (Lipinski definition) is 1. The van der Waals surface area contributed by atoms with Crippen LogP contribution in [0.4, 0.5) is 19.0 Å². The summed E-state index contributed by atoms with van der Waals surface area (Å²) in [6.07, 6.45) is -0.0545. The molecule has 2 heterocycles. The first-order valence-corrected chi connectivity index (χ1v) is 6.83. The second-order valence-corrected chi connectivity index (χ2v) is 5.24. The molecular formula is C15H14F3N3O. The van der Waals surface area contributed by atoms with Gasteiger partial charge in [-0.15, -0.1) is 0 Å². The summed E-state index contributed by atoms with van der Waals surface area (Å²) < 4.78 is 38.6. The molecule has 2 atom stereocenters. The summed E-state index contributed by atoms with van der Waals surface area (Å²) in [6.45, 7) is 0.319. The lowest BCUT2D eigenvalue weighted by atomic mass is 10.0. The molecule has 22 heavy (non-hydrogen) atoms. The van der Waals surface area contributed by atoms with E-state index < -0.39 is 17.8 Å². The average molecular weight is 309 g/mol. The van der Waals surface area contributed by atoms with Crippen LogP contribution in [0.5, 0.6) is 0 Å². The van der Waals surface area contributed by atoms with E-state index in [1.165, 1.54) is 18.5 Å². The summed E-state index contributed by atoms with van der Waals surface area (Å²) in [5.74, 6) is 0.543. The second kappa shape index (κ2) is 5.57. The van der Waals surface area contributed by atoms with Crippen molar-refractivity contribution in [1.29, 1.82) is 0 Å². The van der Waals surface area contributed by atoms with Crippen LogP contribution in [0, 0.1) is 0 Å². The highest BCUT2D eigenvalue weighted by Crippen LogP contribution is 2.37. The van der Waals surface area contributed by atoms with Gasteiger partial charge in [0.1, 0.15) is 5.82 Å². The van der Waals surface area contributed by atoms with Gasteiger partial charge in [-0.05, 0) is 24.1 Å². The fourth-order valence-electron chi connectivity index (χ4n) is 2.74. The maximum absolute atomic E-state index is 12.9. The molecule has 3 rings (SSSR count). The largest absolute Gasteiger partial charge is 0.416 e. The summed E-state index contributed by atoms with van der Waals surface area (Å²) in [7, 11) is 0. The van der Waals surface area contributed by atoms with E-state index in [-0.39, 0.29) is 6.04 Å². The normalized spacial score (nSPS) is 22.1. The Balaban J connectivity index is 1.96. The molecule has 4 nitrogen and oxygen atoms in total. The molecule has 1 saturated heterocycles. The summed E-state index contributed by atoms with van der Waals surface area (Å²) in [4.78, 5) is 9.93. The number of aliphatic hydroxyl groups excluding tert-OH is 1. The maximum Gasteiger partial charge on any atom is 0.416 e. The fraction of sp³-hybridized carbons (Fsp3) is 0.333. The SMILES string of the molecule is O[C@@H]1C[C@@H](c2cccc(C(F)(F)F)c2)N(c2cnccn2)C1. The van der Waals surface area contributed by atoms with Crippen LogP contribution in [-0.4, -0.2) is 27.7 Å². The molecule has 1 fully saturated rings. The van der Waals surface area contributed by atoms with Crippen molar-refractivity contribution in [2.24, 2.45) is 0 Å². The zero-order chi connectivity index (χ0) is 15.7. The zero-order valence-corrected chi connectivity index (χ0v) is 11.5. The third kappa shape index (κ3) is 2.89. The predicted octanol–water partition coefficient (Wildman–Crippen LogP) is 2.81.